The zero-order chi connectivity index (χ0) is 18.6. The summed E-state index contributed by atoms with van der Waals surface area (Å²) in [5.41, 5.74) is 0.583. The van der Waals surface area contributed by atoms with Gasteiger partial charge in [-0.2, -0.15) is 4.98 Å². The standard InChI is InChI=1S/C17H22FN3O4S/c1-13-19-17(20-25-13)8-11-24-16-6-9-21(10-7-16)26(22,23)12-14-2-4-15(18)5-3-14/h2-5,16H,6-12H2,1H3. The second kappa shape index (κ2) is 8.24. The lowest BCUT2D eigenvalue weighted by molar-refractivity contribution is 0.0222. The summed E-state index contributed by atoms with van der Waals surface area (Å²) in [6.07, 6.45) is 1.89. The lowest BCUT2D eigenvalue weighted by atomic mass is 10.1. The van der Waals surface area contributed by atoms with E-state index in [4.69, 9.17) is 9.26 Å². The molecule has 9 heteroatoms. The van der Waals surface area contributed by atoms with E-state index < -0.39 is 10.0 Å². The van der Waals surface area contributed by atoms with E-state index >= 15 is 0 Å². The number of nitrogens with zero attached hydrogens (tertiary/aromatic N) is 3. The second-order valence-corrected chi connectivity index (χ2v) is 8.30. The molecule has 0 amide bonds. The molecule has 0 radical (unpaired) electrons. The van der Waals surface area contributed by atoms with Gasteiger partial charge in [-0.15, -0.1) is 0 Å². The molecule has 2 aromatic rings. The number of rotatable bonds is 7. The summed E-state index contributed by atoms with van der Waals surface area (Å²) in [6.45, 7) is 3.07. The Morgan fingerprint density at radius 2 is 1.96 bits per heavy atom. The molecule has 26 heavy (non-hydrogen) atoms. The van der Waals surface area contributed by atoms with E-state index in [-0.39, 0.29) is 17.7 Å². The van der Waals surface area contributed by atoms with Crippen molar-refractivity contribution in [3.05, 3.63) is 47.4 Å². The van der Waals surface area contributed by atoms with Crippen molar-refractivity contribution in [3.63, 3.8) is 0 Å². The Morgan fingerprint density at radius 1 is 1.27 bits per heavy atom. The van der Waals surface area contributed by atoms with Crippen LogP contribution in [0, 0.1) is 12.7 Å². The second-order valence-electron chi connectivity index (χ2n) is 6.33. The van der Waals surface area contributed by atoms with Crippen molar-refractivity contribution in [2.75, 3.05) is 19.7 Å². The van der Waals surface area contributed by atoms with E-state index in [1.54, 1.807) is 6.92 Å². The van der Waals surface area contributed by atoms with Crippen molar-refractivity contribution < 1.29 is 22.1 Å². The smallest absolute Gasteiger partial charge is 0.223 e. The molecule has 1 aliphatic heterocycles. The third-order valence-electron chi connectivity index (χ3n) is 4.31. The summed E-state index contributed by atoms with van der Waals surface area (Å²) >= 11 is 0. The van der Waals surface area contributed by atoms with Crippen molar-refractivity contribution in [2.24, 2.45) is 0 Å². The van der Waals surface area contributed by atoms with Crippen LogP contribution < -0.4 is 0 Å². The van der Waals surface area contributed by atoms with E-state index in [1.165, 1.54) is 28.6 Å². The average molecular weight is 383 g/mol. The first-order valence-electron chi connectivity index (χ1n) is 8.55. The highest BCUT2D eigenvalue weighted by atomic mass is 32.2. The molecular weight excluding hydrogens is 361 g/mol. The van der Waals surface area contributed by atoms with E-state index in [9.17, 15) is 12.8 Å². The van der Waals surface area contributed by atoms with Gasteiger partial charge in [0, 0.05) is 26.4 Å². The van der Waals surface area contributed by atoms with Crippen LogP contribution in [0.3, 0.4) is 0 Å². The maximum absolute atomic E-state index is 12.9. The molecule has 1 fully saturated rings. The predicted molar refractivity (Wildman–Crippen MR) is 92.3 cm³/mol. The van der Waals surface area contributed by atoms with Gasteiger partial charge >= 0.3 is 0 Å². The molecule has 0 saturated carbocycles. The first-order chi connectivity index (χ1) is 12.4. The number of aryl methyl sites for hydroxylation is 1. The Labute approximate surface area is 152 Å². The lowest BCUT2D eigenvalue weighted by Crippen LogP contribution is -2.41. The van der Waals surface area contributed by atoms with Gasteiger partial charge in [0.15, 0.2) is 5.82 Å². The number of benzene rings is 1. The van der Waals surface area contributed by atoms with Crippen LogP contribution >= 0.6 is 0 Å². The molecule has 0 bridgehead atoms. The minimum absolute atomic E-state index is 0.0280. The monoisotopic (exact) mass is 383 g/mol. The quantitative estimate of drug-likeness (QED) is 0.728. The van der Waals surface area contributed by atoms with Crippen molar-refractivity contribution in [1.82, 2.24) is 14.4 Å². The van der Waals surface area contributed by atoms with Crippen LogP contribution in [-0.2, 0) is 26.9 Å². The Balaban J connectivity index is 1.44. The van der Waals surface area contributed by atoms with Crippen LogP contribution in [0.4, 0.5) is 4.39 Å². The molecule has 142 valence electrons. The van der Waals surface area contributed by atoms with Gasteiger partial charge in [-0.1, -0.05) is 17.3 Å². The van der Waals surface area contributed by atoms with Crippen LogP contribution in [0.25, 0.3) is 0 Å². The highest BCUT2D eigenvalue weighted by molar-refractivity contribution is 7.88. The van der Waals surface area contributed by atoms with Gasteiger partial charge in [0.2, 0.25) is 15.9 Å². The molecule has 0 N–H and O–H groups in total. The first kappa shape index (κ1) is 18.9. The number of piperidine rings is 1. The molecule has 1 aromatic heterocycles. The zero-order valence-electron chi connectivity index (χ0n) is 14.6. The number of sulfonamides is 1. The largest absolute Gasteiger partial charge is 0.378 e. The fourth-order valence-corrected chi connectivity index (χ4v) is 4.48. The summed E-state index contributed by atoms with van der Waals surface area (Å²) in [5, 5.41) is 3.81. The molecule has 0 aliphatic carbocycles. The van der Waals surface area contributed by atoms with Crippen molar-refractivity contribution in [2.45, 2.75) is 38.0 Å². The molecule has 0 unspecified atom stereocenters. The Hall–Kier alpha value is -1.84. The molecule has 1 saturated heterocycles. The number of halogens is 1. The predicted octanol–water partition coefficient (Wildman–Crippen LogP) is 2.07. The molecular formula is C17H22FN3O4S. The van der Waals surface area contributed by atoms with Crippen LogP contribution in [0.15, 0.2) is 28.8 Å². The maximum atomic E-state index is 12.9. The number of ether oxygens (including phenoxy) is 1. The first-order valence-corrected chi connectivity index (χ1v) is 10.2. The summed E-state index contributed by atoms with van der Waals surface area (Å²) < 4.78 is 50.2. The fourth-order valence-electron chi connectivity index (χ4n) is 2.92. The van der Waals surface area contributed by atoms with Gasteiger partial charge in [-0.3, -0.25) is 0 Å². The summed E-state index contributed by atoms with van der Waals surface area (Å²) in [6, 6.07) is 5.55. The van der Waals surface area contributed by atoms with E-state index in [0.29, 0.717) is 56.2 Å². The normalized spacial score (nSPS) is 16.8. The topological polar surface area (TPSA) is 85.5 Å². The molecule has 7 nitrogen and oxygen atoms in total. The molecule has 1 aromatic carbocycles. The molecule has 3 rings (SSSR count). The van der Waals surface area contributed by atoms with E-state index in [0.717, 1.165) is 0 Å². The lowest BCUT2D eigenvalue weighted by Gasteiger charge is -2.31. The van der Waals surface area contributed by atoms with Crippen LogP contribution in [0.5, 0.6) is 0 Å². The molecule has 0 spiro atoms. The Morgan fingerprint density at radius 3 is 2.58 bits per heavy atom. The van der Waals surface area contributed by atoms with Gasteiger partial charge in [0.05, 0.1) is 18.5 Å². The van der Waals surface area contributed by atoms with Crippen LogP contribution in [-0.4, -0.2) is 48.7 Å². The van der Waals surface area contributed by atoms with Gasteiger partial charge in [0.1, 0.15) is 5.82 Å². The summed E-state index contributed by atoms with van der Waals surface area (Å²) in [5.74, 6) is 0.650. The third kappa shape index (κ3) is 5.09. The highest BCUT2D eigenvalue weighted by Gasteiger charge is 2.28. The van der Waals surface area contributed by atoms with Crippen LogP contribution in [0.1, 0.15) is 30.1 Å². The summed E-state index contributed by atoms with van der Waals surface area (Å²) in [7, 11) is -3.41. The highest BCUT2D eigenvalue weighted by Crippen LogP contribution is 2.20. The average Bonchev–Trinajstić information content (AvgIpc) is 3.03. The SMILES string of the molecule is Cc1nc(CCOC2CCN(S(=O)(=O)Cc3ccc(F)cc3)CC2)no1. The fraction of sp³-hybridized carbons (Fsp3) is 0.529. The number of hydrogen-bond acceptors (Lipinski definition) is 6. The third-order valence-corrected chi connectivity index (χ3v) is 6.16. The maximum Gasteiger partial charge on any atom is 0.223 e. The van der Waals surface area contributed by atoms with Gasteiger partial charge in [-0.05, 0) is 30.5 Å². The van der Waals surface area contributed by atoms with E-state index in [2.05, 4.69) is 10.1 Å². The van der Waals surface area contributed by atoms with Crippen LogP contribution in [0.2, 0.25) is 0 Å². The Bertz CT molecular complexity index is 815. The van der Waals surface area contributed by atoms with Crippen molar-refractivity contribution in [3.8, 4) is 0 Å². The number of hydrogen-bond donors (Lipinski definition) is 0. The minimum atomic E-state index is -3.41. The van der Waals surface area contributed by atoms with Crippen molar-refractivity contribution in [1.29, 1.82) is 0 Å². The molecule has 0 atom stereocenters. The van der Waals surface area contributed by atoms with Gasteiger partial charge < -0.3 is 9.26 Å². The van der Waals surface area contributed by atoms with Crippen molar-refractivity contribution >= 4 is 10.0 Å². The summed E-state index contributed by atoms with van der Waals surface area (Å²) in [4.78, 5) is 4.11. The zero-order valence-corrected chi connectivity index (χ0v) is 15.4. The Kier molecular flexibility index (Phi) is 6.00. The van der Waals surface area contributed by atoms with E-state index in [1.807, 2.05) is 0 Å². The van der Waals surface area contributed by atoms with Gasteiger partial charge in [-0.25, -0.2) is 17.1 Å². The molecule has 2 heterocycles. The molecule has 1 aliphatic rings. The van der Waals surface area contributed by atoms with Gasteiger partial charge in [0.25, 0.3) is 0 Å². The minimum Gasteiger partial charge on any atom is -0.378 e. The number of aromatic nitrogens is 2.